The molecule has 1 unspecified atom stereocenters. The summed E-state index contributed by atoms with van der Waals surface area (Å²) in [7, 11) is 0. The number of carbonyl (C=O) groups excluding carboxylic acids is 1. The van der Waals surface area contributed by atoms with E-state index in [9.17, 15) is 4.79 Å². The maximum absolute atomic E-state index is 12.4. The number of fused-ring (bicyclic) bond motifs is 1. The fourth-order valence-corrected chi connectivity index (χ4v) is 3.03. The average Bonchev–Trinajstić information content (AvgIpc) is 2.49. The molecule has 2 aliphatic rings. The van der Waals surface area contributed by atoms with Crippen LogP contribution in [0.1, 0.15) is 34.3 Å². The maximum atomic E-state index is 12.4. The third-order valence-corrected chi connectivity index (χ3v) is 4.37. The molecule has 0 N–H and O–H groups in total. The van der Waals surface area contributed by atoms with Gasteiger partial charge >= 0.3 is 0 Å². The van der Waals surface area contributed by atoms with E-state index in [1.54, 1.807) is 0 Å². The van der Waals surface area contributed by atoms with Crippen LogP contribution in [-0.4, -0.2) is 22.7 Å². The Morgan fingerprint density at radius 2 is 2.00 bits per heavy atom. The van der Waals surface area contributed by atoms with Crippen molar-refractivity contribution in [3.05, 3.63) is 59.3 Å². The second-order valence-electron chi connectivity index (χ2n) is 5.39. The minimum atomic E-state index is -0.235. The molecule has 0 bridgehead atoms. The van der Waals surface area contributed by atoms with E-state index < -0.39 is 0 Å². The van der Waals surface area contributed by atoms with E-state index in [0.717, 1.165) is 18.4 Å². The predicted octanol–water partition coefficient (Wildman–Crippen LogP) is 3.70. The van der Waals surface area contributed by atoms with Crippen LogP contribution in [-0.2, 0) is 12.8 Å². The van der Waals surface area contributed by atoms with Crippen molar-refractivity contribution in [3.63, 3.8) is 0 Å². The van der Waals surface area contributed by atoms with Crippen LogP contribution in [0.4, 0.5) is 0 Å². The van der Waals surface area contributed by atoms with Crippen molar-refractivity contribution in [1.29, 1.82) is 0 Å². The van der Waals surface area contributed by atoms with Crippen molar-refractivity contribution >= 4 is 17.4 Å². The number of Topliss-reactive ketones (excluding diaryl/α,β-unsaturated/α-hetero) is 1. The van der Waals surface area contributed by atoms with Crippen LogP contribution in [0.3, 0.4) is 0 Å². The number of rotatable bonds is 3. The van der Waals surface area contributed by atoms with Crippen LogP contribution in [0.15, 0.2) is 42.6 Å². The van der Waals surface area contributed by atoms with E-state index in [0.29, 0.717) is 6.54 Å². The van der Waals surface area contributed by atoms with Crippen molar-refractivity contribution in [2.24, 2.45) is 0 Å². The zero-order valence-electron chi connectivity index (χ0n) is 11.4. The summed E-state index contributed by atoms with van der Waals surface area (Å²) in [4.78, 5) is 14.2. The summed E-state index contributed by atoms with van der Waals surface area (Å²) in [5.74, 6) is 0.129. The number of ketones is 1. The average molecular weight is 288 g/mol. The normalized spacial score (nSPS) is 20.9. The highest BCUT2D eigenvalue weighted by atomic mass is 35.5. The van der Waals surface area contributed by atoms with Gasteiger partial charge in [0.25, 0.3) is 0 Å². The van der Waals surface area contributed by atoms with E-state index in [4.69, 9.17) is 11.6 Å². The van der Waals surface area contributed by atoms with Gasteiger partial charge in [-0.3, -0.25) is 4.79 Å². The fourth-order valence-electron chi connectivity index (χ4n) is 2.81. The highest BCUT2D eigenvalue weighted by Gasteiger charge is 2.17. The molecule has 1 aromatic carbocycles. The van der Waals surface area contributed by atoms with Crippen molar-refractivity contribution in [3.8, 4) is 0 Å². The molecule has 0 fully saturated rings. The van der Waals surface area contributed by atoms with Crippen LogP contribution < -0.4 is 0 Å². The van der Waals surface area contributed by atoms with E-state index >= 15 is 0 Å². The van der Waals surface area contributed by atoms with Gasteiger partial charge in [-0.25, -0.2) is 0 Å². The van der Waals surface area contributed by atoms with Gasteiger partial charge in [0.05, 0.1) is 6.54 Å². The molecule has 0 amide bonds. The van der Waals surface area contributed by atoms with E-state index in [-0.39, 0.29) is 11.3 Å². The van der Waals surface area contributed by atoms with Crippen LogP contribution in [0.2, 0.25) is 0 Å². The lowest BCUT2D eigenvalue weighted by molar-refractivity contribution is 0.0954. The quantitative estimate of drug-likeness (QED) is 0.480. The lowest BCUT2D eigenvalue weighted by Crippen LogP contribution is -2.31. The molecule has 0 radical (unpaired) electrons. The first-order chi connectivity index (χ1) is 9.74. The molecule has 1 aromatic rings. The lowest BCUT2D eigenvalue weighted by atomic mass is 9.90. The van der Waals surface area contributed by atoms with Gasteiger partial charge in [0.1, 0.15) is 5.50 Å². The Kier molecular flexibility index (Phi) is 3.93. The summed E-state index contributed by atoms with van der Waals surface area (Å²) in [5.41, 5.74) is 3.32. The number of hydrogen-bond donors (Lipinski definition) is 0. The van der Waals surface area contributed by atoms with Crippen LogP contribution in [0.5, 0.6) is 0 Å². The van der Waals surface area contributed by atoms with Crippen LogP contribution in [0.25, 0.3) is 0 Å². The third kappa shape index (κ3) is 2.80. The fraction of sp³-hybridized carbons (Fsp3) is 0.353. The largest absolute Gasteiger partial charge is 0.350 e. The molecule has 3 rings (SSSR count). The molecule has 0 saturated heterocycles. The number of benzene rings is 1. The van der Waals surface area contributed by atoms with Gasteiger partial charge in [0.15, 0.2) is 5.78 Å². The van der Waals surface area contributed by atoms with Crippen molar-refractivity contribution in [1.82, 2.24) is 4.90 Å². The number of aryl methyl sites for hydroxylation is 2. The van der Waals surface area contributed by atoms with Crippen molar-refractivity contribution in [2.45, 2.75) is 31.2 Å². The number of alkyl halides is 1. The molecular formula is C17H18ClNO. The van der Waals surface area contributed by atoms with E-state index in [1.807, 2.05) is 35.4 Å². The number of hydrogen-bond acceptors (Lipinski definition) is 2. The third-order valence-electron chi connectivity index (χ3n) is 3.97. The Morgan fingerprint density at radius 1 is 1.20 bits per heavy atom. The Morgan fingerprint density at radius 3 is 2.80 bits per heavy atom. The minimum Gasteiger partial charge on any atom is -0.350 e. The Balaban J connectivity index is 1.74. The molecular weight excluding hydrogens is 270 g/mol. The molecule has 1 atom stereocenters. The van der Waals surface area contributed by atoms with Crippen LogP contribution >= 0.6 is 11.6 Å². The van der Waals surface area contributed by atoms with Crippen LogP contribution in [0, 0.1) is 0 Å². The van der Waals surface area contributed by atoms with Gasteiger partial charge in [0, 0.05) is 11.8 Å². The number of halogens is 1. The Hall–Kier alpha value is -1.54. The highest BCUT2D eigenvalue weighted by Crippen LogP contribution is 2.23. The molecule has 1 heterocycles. The molecule has 1 aliphatic heterocycles. The molecule has 0 spiro atoms. The number of allylic oxidation sites excluding steroid dienone is 2. The highest BCUT2D eigenvalue weighted by molar-refractivity contribution is 6.21. The van der Waals surface area contributed by atoms with Gasteiger partial charge in [-0.1, -0.05) is 29.8 Å². The SMILES string of the molecule is O=C(CN1C=CC=CC1Cl)c1ccc2c(c1)CCCC2. The monoisotopic (exact) mass is 287 g/mol. The first-order valence-corrected chi connectivity index (χ1v) is 7.57. The van der Waals surface area contributed by atoms with Gasteiger partial charge in [-0.15, -0.1) is 0 Å². The number of carbonyl (C=O) groups is 1. The van der Waals surface area contributed by atoms with E-state index in [2.05, 4.69) is 12.1 Å². The standard InChI is InChI=1S/C17H18ClNO/c18-17-7-3-4-10-19(17)12-16(20)15-9-8-13-5-1-2-6-14(13)11-15/h3-4,7-11,17H,1-2,5-6,12H2. The van der Waals surface area contributed by atoms with E-state index in [1.165, 1.54) is 24.0 Å². The van der Waals surface area contributed by atoms with Gasteiger partial charge < -0.3 is 4.90 Å². The Bertz CT molecular complexity index is 576. The summed E-state index contributed by atoms with van der Waals surface area (Å²) < 4.78 is 0. The molecule has 104 valence electrons. The summed E-state index contributed by atoms with van der Waals surface area (Å²) in [5, 5.41) is 0. The topological polar surface area (TPSA) is 20.3 Å². The molecule has 1 aliphatic carbocycles. The summed E-state index contributed by atoms with van der Waals surface area (Å²) in [6.07, 6.45) is 12.3. The summed E-state index contributed by atoms with van der Waals surface area (Å²) >= 11 is 6.17. The molecule has 0 saturated carbocycles. The molecule has 3 heteroatoms. The summed E-state index contributed by atoms with van der Waals surface area (Å²) in [6, 6.07) is 6.15. The smallest absolute Gasteiger partial charge is 0.182 e. The maximum Gasteiger partial charge on any atom is 0.182 e. The second kappa shape index (κ2) is 5.84. The van der Waals surface area contributed by atoms with Gasteiger partial charge in [0.2, 0.25) is 0 Å². The minimum absolute atomic E-state index is 0.129. The van der Waals surface area contributed by atoms with Gasteiger partial charge in [-0.05, 0) is 55.0 Å². The first-order valence-electron chi connectivity index (χ1n) is 7.14. The Labute approximate surface area is 124 Å². The second-order valence-corrected chi connectivity index (χ2v) is 5.83. The lowest BCUT2D eigenvalue weighted by Gasteiger charge is -2.25. The summed E-state index contributed by atoms with van der Waals surface area (Å²) in [6.45, 7) is 0.327. The molecule has 20 heavy (non-hydrogen) atoms. The predicted molar refractivity (Wildman–Crippen MR) is 82.0 cm³/mol. The first kappa shape index (κ1) is 13.4. The van der Waals surface area contributed by atoms with Crippen molar-refractivity contribution in [2.75, 3.05) is 6.54 Å². The zero-order chi connectivity index (χ0) is 13.9. The molecule has 2 nitrogen and oxygen atoms in total. The number of nitrogens with zero attached hydrogens (tertiary/aromatic N) is 1. The molecule has 0 aromatic heterocycles. The van der Waals surface area contributed by atoms with Crippen molar-refractivity contribution < 1.29 is 4.79 Å². The zero-order valence-corrected chi connectivity index (χ0v) is 12.1. The van der Waals surface area contributed by atoms with Gasteiger partial charge in [-0.2, -0.15) is 0 Å².